The van der Waals surface area contributed by atoms with Crippen molar-refractivity contribution in [2.75, 3.05) is 13.1 Å². The van der Waals surface area contributed by atoms with Crippen LogP contribution in [-0.4, -0.2) is 36.4 Å². The first-order valence-electron chi connectivity index (χ1n) is 6.84. The van der Waals surface area contributed by atoms with Crippen LogP contribution >= 0.6 is 0 Å². The molecule has 0 aromatic carbocycles. The summed E-state index contributed by atoms with van der Waals surface area (Å²) in [5, 5.41) is 12.2. The van der Waals surface area contributed by atoms with Crippen LogP contribution in [0.25, 0.3) is 0 Å². The highest BCUT2D eigenvalue weighted by Gasteiger charge is 2.29. The molecule has 1 heterocycles. The Balaban J connectivity index is 1.52. The SMILES string of the molecule is O=C(O)C1CCC(CNCCC2CCCC2)O1. The molecule has 1 aliphatic carbocycles. The molecule has 1 saturated heterocycles. The van der Waals surface area contributed by atoms with E-state index in [4.69, 9.17) is 9.84 Å². The predicted octanol–water partition coefficient (Wildman–Crippen LogP) is 1.79. The fourth-order valence-corrected chi connectivity index (χ4v) is 2.91. The topological polar surface area (TPSA) is 58.6 Å². The van der Waals surface area contributed by atoms with Gasteiger partial charge in [-0.3, -0.25) is 0 Å². The first kappa shape index (κ1) is 12.8. The summed E-state index contributed by atoms with van der Waals surface area (Å²) < 4.78 is 5.43. The van der Waals surface area contributed by atoms with Crippen LogP contribution in [0.3, 0.4) is 0 Å². The molecule has 17 heavy (non-hydrogen) atoms. The summed E-state index contributed by atoms with van der Waals surface area (Å²) >= 11 is 0. The van der Waals surface area contributed by atoms with Crippen LogP contribution < -0.4 is 5.32 Å². The van der Waals surface area contributed by atoms with Gasteiger partial charge in [0.1, 0.15) is 0 Å². The normalized spacial score (nSPS) is 29.9. The Morgan fingerprint density at radius 1 is 1.24 bits per heavy atom. The van der Waals surface area contributed by atoms with Gasteiger partial charge in [-0.1, -0.05) is 25.7 Å². The van der Waals surface area contributed by atoms with E-state index < -0.39 is 12.1 Å². The van der Waals surface area contributed by atoms with Gasteiger partial charge in [-0.05, 0) is 31.7 Å². The molecule has 2 atom stereocenters. The summed E-state index contributed by atoms with van der Waals surface area (Å²) in [6.07, 6.45) is 7.89. The quantitative estimate of drug-likeness (QED) is 0.696. The molecule has 2 rings (SSSR count). The molecule has 0 bridgehead atoms. The van der Waals surface area contributed by atoms with Gasteiger partial charge in [0.15, 0.2) is 6.10 Å². The number of hydrogen-bond donors (Lipinski definition) is 2. The predicted molar refractivity (Wildman–Crippen MR) is 65.0 cm³/mol. The lowest BCUT2D eigenvalue weighted by molar-refractivity contribution is -0.149. The molecule has 0 spiro atoms. The average molecular weight is 241 g/mol. The first-order chi connectivity index (χ1) is 8.25. The minimum atomic E-state index is -0.821. The zero-order valence-electron chi connectivity index (χ0n) is 10.4. The molecule has 0 aromatic rings. The summed E-state index contributed by atoms with van der Waals surface area (Å²) in [4.78, 5) is 10.7. The molecule has 4 nitrogen and oxygen atoms in total. The van der Waals surface area contributed by atoms with Gasteiger partial charge >= 0.3 is 5.97 Å². The molecule has 2 unspecified atom stereocenters. The van der Waals surface area contributed by atoms with E-state index >= 15 is 0 Å². The zero-order valence-corrected chi connectivity index (χ0v) is 10.4. The molecule has 1 aliphatic heterocycles. The van der Waals surface area contributed by atoms with E-state index in [0.29, 0.717) is 6.42 Å². The monoisotopic (exact) mass is 241 g/mol. The third kappa shape index (κ3) is 3.96. The highest BCUT2D eigenvalue weighted by molar-refractivity contribution is 5.72. The van der Waals surface area contributed by atoms with Crippen molar-refractivity contribution < 1.29 is 14.6 Å². The van der Waals surface area contributed by atoms with Gasteiger partial charge in [-0.2, -0.15) is 0 Å². The average Bonchev–Trinajstić information content (AvgIpc) is 2.96. The lowest BCUT2D eigenvalue weighted by Gasteiger charge is -2.14. The number of carboxylic acid groups (broad SMARTS) is 1. The Morgan fingerprint density at radius 2 is 2.00 bits per heavy atom. The van der Waals surface area contributed by atoms with E-state index in [0.717, 1.165) is 25.4 Å². The van der Waals surface area contributed by atoms with E-state index in [-0.39, 0.29) is 6.10 Å². The van der Waals surface area contributed by atoms with Crippen LogP contribution in [-0.2, 0) is 9.53 Å². The Kier molecular flexibility index (Phi) is 4.80. The van der Waals surface area contributed by atoms with Crippen molar-refractivity contribution in [1.82, 2.24) is 5.32 Å². The summed E-state index contributed by atoms with van der Waals surface area (Å²) in [7, 11) is 0. The van der Waals surface area contributed by atoms with Crippen LogP contribution in [0.15, 0.2) is 0 Å². The molecule has 2 fully saturated rings. The third-order valence-electron chi connectivity index (χ3n) is 3.96. The maximum absolute atomic E-state index is 10.7. The highest BCUT2D eigenvalue weighted by Crippen LogP contribution is 2.27. The number of carbonyl (C=O) groups is 1. The van der Waals surface area contributed by atoms with Crippen LogP contribution in [0, 0.1) is 5.92 Å². The van der Waals surface area contributed by atoms with E-state index in [1.54, 1.807) is 0 Å². The number of carboxylic acids is 1. The van der Waals surface area contributed by atoms with Crippen molar-refractivity contribution in [2.24, 2.45) is 5.92 Å². The second kappa shape index (κ2) is 6.36. The van der Waals surface area contributed by atoms with Gasteiger partial charge in [-0.15, -0.1) is 0 Å². The van der Waals surface area contributed by atoms with E-state index in [1.807, 2.05) is 0 Å². The lowest BCUT2D eigenvalue weighted by atomic mass is 10.0. The second-order valence-corrected chi connectivity index (χ2v) is 5.31. The molecule has 98 valence electrons. The van der Waals surface area contributed by atoms with Crippen LogP contribution in [0.4, 0.5) is 0 Å². The highest BCUT2D eigenvalue weighted by atomic mass is 16.5. The van der Waals surface area contributed by atoms with Gasteiger partial charge in [0.25, 0.3) is 0 Å². The van der Waals surface area contributed by atoms with Gasteiger partial charge < -0.3 is 15.2 Å². The van der Waals surface area contributed by atoms with E-state index in [1.165, 1.54) is 32.1 Å². The maximum Gasteiger partial charge on any atom is 0.332 e. The Labute approximate surface area is 103 Å². The number of aliphatic carboxylic acids is 1. The minimum absolute atomic E-state index is 0.0969. The van der Waals surface area contributed by atoms with Gasteiger partial charge in [0.05, 0.1) is 6.10 Å². The lowest BCUT2D eigenvalue weighted by Crippen LogP contribution is -2.30. The van der Waals surface area contributed by atoms with Crippen molar-refractivity contribution in [3.8, 4) is 0 Å². The van der Waals surface area contributed by atoms with Crippen molar-refractivity contribution >= 4 is 5.97 Å². The number of hydrogen-bond acceptors (Lipinski definition) is 3. The molecule has 0 radical (unpaired) electrons. The number of ether oxygens (including phenoxy) is 1. The smallest absolute Gasteiger partial charge is 0.332 e. The van der Waals surface area contributed by atoms with Crippen LogP contribution in [0.5, 0.6) is 0 Å². The summed E-state index contributed by atoms with van der Waals surface area (Å²) in [6, 6.07) is 0. The van der Waals surface area contributed by atoms with Crippen molar-refractivity contribution in [2.45, 2.75) is 57.2 Å². The van der Waals surface area contributed by atoms with Gasteiger partial charge in [0.2, 0.25) is 0 Å². The molecular weight excluding hydrogens is 218 g/mol. The van der Waals surface area contributed by atoms with E-state index in [9.17, 15) is 4.79 Å². The number of rotatable bonds is 6. The van der Waals surface area contributed by atoms with Gasteiger partial charge in [-0.25, -0.2) is 4.79 Å². The molecule has 1 saturated carbocycles. The summed E-state index contributed by atoms with van der Waals surface area (Å²) in [6.45, 7) is 1.85. The standard InChI is InChI=1S/C13H23NO3/c15-13(16)12-6-5-11(17-12)9-14-8-7-10-3-1-2-4-10/h10-12,14H,1-9H2,(H,15,16). The number of nitrogens with one attached hydrogen (secondary N) is 1. The molecule has 0 amide bonds. The van der Waals surface area contributed by atoms with Gasteiger partial charge in [0, 0.05) is 6.54 Å². The van der Waals surface area contributed by atoms with Crippen LogP contribution in [0.1, 0.15) is 44.9 Å². The zero-order chi connectivity index (χ0) is 12.1. The largest absolute Gasteiger partial charge is 0.479 e. The summed E-state index contributed by atoms with van der Waals surface area (Å²) in [5.74, 6) is 0.0946. The molecule has 2 N–H and O–H groups in total. The Bertz CT molecular complexity index is 251. The fraction of sp³-hybridized carbons (Fsp3) is 0.923. The molecular formula is C13H23NO3. The molecule has 4 heteroatoms. The minimum Gasteiger partial charge on any atom is -0.479 e. The Hall–Kier alpha value is -0.610. The van der Waals surface area contributed by atoms with E-state index in [2.05, 4.69) is 5.32 Å². The third-order valence-corrected chi connectivity index (χ3v) is 3.96. The molecule has 0 aromatic heterocycles. The second-order valence-electron chi connectivity index (χ2n) is 5.31. The summed E-state index contributed by atoms with van der Waals surface area (Å²) in [5.41, 5.74) is 0. The van der Waals surface area contributed by atoms with Crippen LogP contribution in [0.2, 0.25) is 0 Å². The van der Waals surface area contributed by atoms with Crippen molar-refractivity contribution in [3.63, 3.8) is 0 Å². The molecule has 2 aliphatic rings. The first-order valence-corrected chi connectivity index (χ1v) is 6.84. The fourth-order valence-electron chi connectivity index (χ4n) is 2.91. The maximum atomic E-state index is 10.7. The Morgan fingerprint density at radius 3 is 2.65 bits per heavy atom. The van der Waals surface area contributed by atoms with Crippen molar-refractivity contribution in [1.29, 1.82) is 0 Å². The van der Waals surface area contributed by atoms with Crippen molar-refractivity contribution in [3.05, 3.63) is 0 Å².